The van der Waals surface area contributed by atoms with Crippen LogP contribution < -0.4 is 10.2 Å². The van der Waals surface area contributed by atoms with Crippen LogP contribution in [-0.4, -0.2) is 43.0 Å². The van der Waals surface area contributed by atoms with Crippen molar-refractivity contribution in [2.24, 2.45) is 0 Å². The van der Waals surface area contributed by atoms with Crippen LogP contribution in [0.15, 0.2) is 30.1 Å². The van der Waals surface area contributed by atoms with Crippen LogP contribution in [0.3, 0.4) is 0 Å². The number of nitrogens with one attached hydrogen (secondary N) is 1. The highest BCUT2D eigenvalue weighted by Gasteiger charge is 2.26. The summed E-state index contributed by atoms with van der Waals surface area (Å²) in [4.78, 5) is 26.7. The van der Waals surface area contributed by atoms with Crippen LogP contribution in [0.4, 0.5) is 19.3 Å². The van der Waals surface area contributed by atoms with Crippen molar-refractivity contribution in [1.29, 1.82) is 0 Å². The fourth-order valence-corrected chi connectivity index (χ4v) is 2.61. The highest BCUT2D eigenvalue weighted by Crippen LogP contribution is 2.23. The summed E-state index contributed by atoms with van der Waals surface area (Å²) in [6.07, 6.45) is 1.83. The lowest BCUT2D eigenvalue weighted by Crippen LogP contribution is -2.36. The molecule has 7 heteroatoms. The number of rotatable bonds is 2. The first kappa shape index (κ1) is 14.5. The van der Waals surface area contributed by atoms with Gasteiger partial charge in [0.2, 0.25) is 0 Å². The number of hydrogen-bond donors (Lipinski definition) is 1. The lowest BCUT2D eigenvalue weighted by molar-refractivity contribution is 0.0750. The Morgan fingerprint density at radius 3 is 2.73 bits per heavy atom. The van der Waals surface area contributed by atoms with Crippen molar-refractivity contribution in [3.63, 3.8) is 0 Å². The highest BCUT2D eigenvalue weighted by atomic mass is 19.1. The maximum absolute atomic E-state index is 14.0. The van der Waals surface area contributed by atoms with Gasteiger partial charge in [0, 0.05) is 25.3 Å². The summed E-state index contributed by atoms with van der Waals surface area (Å²) < 4.78 is 27.3. The lowest BCUT2D eigenvalue weighted by atomic mass is 10.1. The minimum atomic E-state index is -0.677. The lowest BCUT2D eigenvalue weighted by Gasteiger charge is -2.25. The average Bonchev–Trinajstić information content (AvgIpc) is 2.93. The molecule has 0 saturated carbocycles. The summed E-state index contributed by atoms with van der Waals surface area (Å²) in [5.41, 5.74) is 0.305. The molecule has 5 nitrogen and oxygen atoms in total. The number of anilines is 1. The normalized spacial score (nSPS) is 18.3. The van der Waals surface area contributed by atoms with Crippen LogP contribution in [-0.2, 0) is 0 Å². The maximum atomic E-state index is 14.0. The monoisotopic (exact) mass is 307 g/mol. The van der Waals surface area contributed by atoms with Gasteiger partial charge in [-0.25, -0.2) is 13.6 Å². The number of carbonyl (C=O) groups excluding carboxylic acids is 2. The minimum absolute atomic E-state index is 0.146. The van der Waals surface area contributed by atoms with E-state index in [9.17, 15) is 18.4 Å². The Kier molecular flexibility index (Phi) is 3.79. The summed E-state index contributed by atoms with van der Waals surface area (Å²) in [5.74, 6) is -1.64. The van der Waals surface area contributed by atoms with Crippen molar-refractivity contribution in [3.05, 3.63) is 41.5 Å². The Morgan fingerprint density at radius 2 is 2.05 bits per heavy atom. The van der Waals surface area contributed by atoms with Gasteiger partial charge >= 0.3 is 6.03 Å². The van der Waals surface area contributed by atoms with E-state index in [1.165, 1.54) is 28.0 Å². The second kappa shape index (κ2) is 5.75. The summed E-state index contributed by atoms with van der Waals surface area (Å²) in [6, 6.07) is 3.67. The zero-order chi connectivity index (χ0) is 15.7. The van der Waals surface area contributed by atoms with Gasteiger partial charge in [-0.1, -0.05) is 0 Å². The van der Waals surface area contributed by atoms with Gasteiger partial charge in [-0.2, -0.15) is 0 Å². The predicted octanol–water partition coefficient (Wildman–Crippen LogP) is 2.05. The van der Waals surface area contributed by atoms with Gasteiger partial charge in [-0.15, -0.1) is 0 Å². The molecule has 22 heavy (non-hydrogen) atoms. The Balaban J connectivity index is 1.88. The van der Waals surface area contributed by atoms with E-state index >= 15 is 0 Å². The molecule has 0 aliphatic carbocycles. The number of halogens is 2. The van der Waals surface area contributed by atoms with Crippen molar-refractivity contribution in [1.82, 2.24) is 10.2 Å². The zero-order valence-electron chi connectivity index (χ0n) is 11.8. The summed E-state index contributed by atoms with van der Waals surface area (Å²) >= 11 is 0. The first-order valence-corrected chi connectivity index (χ1v) is 7.05. The van der Waals surface area contributed by atoms with Gasteiger partial charge in [0.1, 0.15) is 11.6 Å². The molecule has 2 aliphatic heterocycles. The highest BCUT2D eigenvalue weighted by molar-refractivity contribution is 5.98. The van der Waals surface area contributed by atoms with Crippen molar-refractivity contribution in [2.75, 3.05) is 31.1 Å². The van der Waals surface area contributed by atoms with E-state index in [0.717, 1.165) is 6.07 Å². The Hall–Kier alpha value is -2.44. The van der Waals surface area contributed by atoms with E-state index in [1.807, 2.05) is 0 Å². The fourth-order valence-electron chi connectivity index (χ4n) is 2.61. The first-order valence-electron chi connectivity index (χ1n) is 7.05. The molecule has 3 amide bonds. The molecule has 0 radical (unpaired) electrons. The SMILES string of the molecule is O=C(c1cc(N2CCNC2=O)ccc1F)N1CCC=C(F)C1. The van der Waals surface area contributed by atoms with Gasteiger partial charge in [-0.05, 0) is 30.7 Å². The molecule has 0 spiro atoms. The number of hydrogen-bond acceptors (Lipinski definition) is 2. The zero-order valence-corrected chi connectivity index (χ0v) is 11.8. The van der Waals surface area contributed by atoms with Gasteiger partial charge in [0.05, 0.1) is 12.1 Å². The van der Waals surface area contributed by atoms with Crippen molar-refractivity contribution in [2.45, 2.75) is 6.42 Å². The number of carbonyl (C=O) groups is 2. The van der Waals surface area contributed by atoms with E-state index in [4.69, 9.17) is 0 Å². The molecule has 1 saturated heterocycles. The summed E-state index contributed by atoms with van der Waals surface area (Å²) in [5, 5.41) is 2.64. The molecule has 0 aromatic heterocycles. The maximum Gasteiger partial charge on any atom is 0.321 e. The molecule has 0 bridgehead atoms. The minimum Gasteiger partial charge on any atom is -0.336 e. The Bertz CT molecular complexity index is 660. The fraction of sp³-hybridized carbons (Fsp3) is 0.333. The third kappa shape index (κ3) is 2.66. The largest absolute Gasteiger partial charge is 0.336 e. The molecule has 0 unspecified atom stereocenters. The van der Waals surface area contributed by atoms with Gasteiger partial charge < -0.3 is 10.2 Å². The van der Waals surface area contributed by atoms with Crippen LogP contribution in [0.5, 0.6) is 0 Å². The standard InChI is InChI=1S/C15H15F2N3O2/c16-10-2-1-6-19(9-10)14(21)12-8-11(3-4-13(12)17)20-7-5-18-15(20)22/h2-4,8H,1,5-7,9H2,(H,18,22). The number of benzene rings is 1. The average molecular weight is 307 g/mol. The molecule has 1 aromatic carbocycles. The molecule has 116 valence electrons. The van der Waals surface area contributed by atoms with Crippen LogP contribution in [0.25, 0.3) is 0 Å². The number of amides is 3. The van der Waals surface area contributed by atoms with Crippen LogP contribution in [0.1, 0.15) is 16.8 Å². The second-order valence-corrected chi connectivity index (χ2v) is 5.21. The van der Waals surface area contributed by atoms with Crippen molar-refractivity contribution < 1.29 is 18.4 Å². The van der Waals surface area contributed by atoms with E-state index in [0.29, 0.717) is 31.7 Å². The first-order chi connectivity index (χ1) is 10.6. The van der Waals surface area contributed by atoms with Crippen LogP contribution in [0, 0.1) is 5.82 Å². The Morgan fingerprint density at radius 1 is 1.23 bits per heavy atom. The van der Waals surface area contributed by atoms with E-state index < -0.39 is 17.6 Å². The van der Waals surface area contributed by atoms with Crippen molar-refractivity contribution in [3.8, 4) is 0 Å². The molecule has 2 aliphatic rings. The van der Waals surface area contributed by atoms with E-state index in [2.05, 4.69) is 5.32 Å². The third-order valence-electron chi connectivity index (χ3n) is 3.74. The molecule has 0 atom stereocenters. The molecular weight excluding hydrogens is 292 g/mol. The number of urea groups is 1. The van der Waals surface area contributed by atoms with E-state index in [1.54, 1.807) is 0 Å². The predicted molar refractivity (Wildman–Crippen MR) is 76.9 cm³/mol. The van der Waals surface area contributed by atoms with Gasteiger partial charge in [0.15, 0.2) is 0 Å². The number of nitrogens with zero attached hydrogens (tertiary/aromatic N) is 2. The Labute approximate surface area is 126 Å². The van der Waals surface area contributed by atoms with Gasteiger partial charge in [0.25, 0.3) is 5.91 Å². The van der Waals surface area contributed by atoms with Crippen molar-refractivity contribution >= 4 is 17.6 Å². The smallest absolute Gasteiger partial charge is 0.321 e. The van der Waals surface area contributed by atoms with Crippen LogP contribution >= 0.6 is 0 Å². The molecule has 1 aromatic rings. The molecule has 1 fully saturated rings. The van der Waals surface area contributed by atoms with Crippen LogP contribution in [0.2, 0.25) is 0 Å². The molecule has 1 N–H and O–H groups in total. The summed E-state index contributed by atoms with van der Waals surface area (Å²) in [6.45, 7) is 1.16. The molecule has 2 heterocycles. The van der Waals surface area contributed by atoms with E-state index in [-0.39, 0.29) is 18.1 Å². The summed E-state index contributed by atoms with van der Waals surface area (Å²) in [7, 11) is 0. The topological polar surface area (TPSA) is 52.7 Å². The molecular formula is C15H15F2N3O2. The third-order valence-corrected chi connectivity index (χ3v) is 3.74. The quantitative estimate of drug-likeness (QED) is 0.909. The van der Waals surface area contributed by atoms with Gasteiger partial charge in [-0.3, -0.25) is 9.69 Å². The molecule has 3 rings (SSSR count). The second-order valence-electron chi connectivity index (χ2n) is 5.21.